The molecule has 6 heteroatoms. The second-order valence-electron chi connectivity index (χ2n) is 4.21. The van der Waals surface area contributed by atoms with Crippen LogP contribution in [0.1, 0.15) is 20.7 Å². The van der Waals surface area contributed by atoms with E-state index in [2.05, 4.69) is 4.99 Å². The van der Waals surface area contributed by atoms with Crippen molar-refractivity contribution in [3.63, 3.8) is 0 Å². The predicted octanol–water partition coefficient (Wildman–Crippen LogP) is 1.31. The highest BCUT2D eigenvalue weighted by Gasteiger charge is 2.28. The predicted molar refractivity (Wildman–Crippen MR) is 74.3 cm³/mol. The highest BCUT2D eigenvalue weighted by Crippen LogP contribution is 2.16. The number of carboxylic acid groups (broad SMARTS) is 1. The summed E-state index contributed by atoms with van der Waals surface area (Å²) in [6, 6.07) is 5.44. The number of carbonyl (C=O) groups is 2. The van der Waals surface area contributed by atoms with Gasteiger partial charge in [-0.1, -0.05) is 12.1 Å². The van der Waals surface area contributed by atoms with Crippen LogP contribution in [-0.4, -0.2) is 41.7 Å². The van der Waals surface area contributed by atoms with Gasteiger partial charge in [0.1, 0.15) is 17.8 Å². The molecule has 0 saturated heterocycles. The number of aliphatic imine (C=N–C) groups is 1. The largest absolute Gasteiger partial charge is 0.478 e. The van der Waals surface area contributed by atoms with E-state index < -0.39 is 17.9 Å². The number of hydrogen-bond acceptors (Lipinski definition) is 5. The van der Waals surface area contributed by atoms with E-state index in [-0.39, 0.29) is 22.4 Å². The second-order valence-corrected chi connectivity index (χ2v) is 4.21. The average molecular weight is 285 g/mol. The molecule has 106 valence electrons. The second kappa shape index (κ2) is 6.09. The summed E-state index contributed by atoms with van der Waals surface area (Å²) in [5, 5.41) is 8.83. The van der Waals surface area contributed by atoms with Crippen LogP contribution < -0.4 is 0 Å². The SMILES string of the molecule is COC1C(=C=O)C=CN=C1C(=O)c1ccc(C(=O)O)cc1. The lowest BCUT2D eigenvalue weighted by atomic mass is 9.96. The lowest BCUT2D eigenvalue weighted by Gasteiger charge is -2.18. The summed E-state index contributed by atoms with van der Waals surface area (Å²) in [6.07, 6.45) is 1.87. The van der Waals surface area contributed by atoms with Crippen molar-refractivity contribution in [3.05, 3.63) is 53.2 Å². The molecule has 1 aliphatic heterocycles. The normalized spacial score (nSPS) is 17.1. The number of Topliss-reactive ketones (excluding diaryl/α,β-unsaturated/α-hetero) is 1. The highest BCUT2D eigenvalue weighted by atomic mass is 16.5. The zero-order valence-electron chi connectivity index (χ0n) is 11.1. The molecule has 0 aromatic heterocycles. The third-order valence-corrected chi connectivity index (χ3v) is 2.98. The lowest BCUT2D eigenvalue weighted by Crippen LogP contribution is -2.33. The Labute approximate surface area is 120 Å². The number of methoxy groups -OCH3 is 1. The monoisotopic (exact) mass is 285 g/mol. The average Bonchev–Trinajstić information content (AvgIpc) is 2.53. The quantitative estimate of drug-likeness (QED) is 0.665. The van der Waals surface area contributed by atoms with E-state index in [1.807, 2.05) is 0 Å². The molecule has 0 radical (unpaired) electrons. The van der Waals surface area contributed by atoms with Gasteiger partial charge in [-0.05, 0) is 18.2 Å². The summed E-state index contributed by atoms with van der Waals surface area (Å²) >= 11 is 0. The molecular formula is C15H11NO5. The molecule has 0 amide bonds. The minimum Gasteiger partial charge on any atom is -0.478 e. The first kappa shape index (κ1) is 14.6. The van der Waals surface area contributed by atoms with Crippen LogP contribution in [0.2, 0.25) is 0 Å². The molecule has 0 saturated carbocycles. The zero-order chi connectivity index (χ0) is 15.4. The Morgan fingerprint density at radius 2 is 1.86 bits per heavy atom. The maximum absolute atomic E-state index is 12.4. The fraction of sp³-hybridized carbons (Fsp3) is 0.133. The number of benzene rings is 1. The lowest BCUT2D eigenvalue weighted by molar-refractivity contribution is 0.0696. The van der Waals surface area contributed by atoms with Crippen molar-refractivity contribution in [2.24, 2.45) is 4.99 Å². The van der Waals surface area contributed by atoms with Crippen LogP contribution in [0.5, 0.6) is 0 Å². The number of carbonyl (C=O) groups excluding carboxylic acids is 2. The van der Waals surface area contributed by atoms with Gasteiger partial charge in [-0.15, -0.1) is 0 Å². The van der Waals surface area contributed by atoms with E-state index in [9.17, 15) is 14.4 Å². The molecule has 1 aromatic rings. The van der Waals surface area contributed by atoms with Gasteiger partial charge in [-0.3, -0.25) is 9.79 Å². The Morgan fingerprint density at radius 1 is 1.24 bits per heavy atom. The number of aromatic carboxylic acids is 1. The van der Waals surface area contributed by atoms with Gasteiger partial charge in [0.05, 0.1) is 11.1 Å². The van der Waals surface area contributed by atoms with Crippen molar-refractivity contribution in [1.82, 2.24) is 0 Å². The van der Waals surface area contributed by atoms with Crippen molar-refractivity contribution in [1.29, 1.82) is 0 Å². The minimum atomic E-state index is -1.08. The summed E-state index contributed by atoms with van der Waals surface area (Å²) in [5.41, 5.74) is 0.578. The van der Waals surface area contributed by atoms with Crippen LogP contribution >= 0.6 is 0 Å². The van der Waals surface area contributed by atoms with Crippen molar-refractivity contribution in [3.8, 4) is 0 Å². The van der Waals surface area contributed by atoms with Crippen LogP contribution in [-0.2, 0) is 9.53 Å². The van der Waals surface area contributed by atoms with Gasteiger partial charge in [-0.2, -0.15) is 0 Å². The van der Waals surface area contributed by atoms with E-state index in [0.29, 0.717) is 0 Å². The summed E-state index contributed by atoms with van der Waals surface area (Å²) in [4.78, 5) is 37.9. The molecule has 2 rings (SSSR count). The number of carboxylic acids is 1. The molecular weight excluding hydrogens is 274 g/mol. The molecule has 0 fully saturated rings. The number of ether oxygens (including phenoxy) is 1. The van der Waals surface area contributed by atoms with Crippen molar-refractivity contribution in [2.45, 2.75) is 6.10 Å². The molecule has 1 unspecified atom stereocenters. The molecule has 1 heterocycles. The Morgan fingerprint density at radius 3 is 2.38 bits per heavy atom. The van der Waals surface area contributed by atoms with Gasteiger partial charge in [0.15, 0.2) is 0 Å². The molecule has 1 aromatic carbocycles. The fourth-order valence-electron chi connectivity index (χ4n) is 1.92. The van der Waals surface area contributed by atoms with Crippen molar-refractivity contribution >= 4 is 23.4 Å². The fourth-order valence-corrected chi connectivity index (χ4v) is 1.92. The van der Waals surface area contributed by atoms with Crippen LogP contribution in [0.25, 0.3) is 0 Å². The van der Waals surface area contributed by atoms with E-state index in [0.717, 1.165) is 0 Å². The van der Waals surface area contributed by atoms with Gasteiger partial charge in [0, 0.05) is 18.9 Å². The van der Waals surface area contributed by atoms with Crippen molar-refractivity contribution < 1.29 is 24.2 Å². The smallest absolute Gasteiger partial charge is 0.335 e. The summed E-state index contributed by atoms with van der Waals surface area (Å²) < 4.78 is 5.12. The highest BCUT2D eigenvalue weighted by molar-refractivity contribution is 6.48. The molecule has 0 aliphatic carbocycles. The van der Waals surface area contributed by atoms with E-state index in [1.165, 1.54) is 43.7 Å². The third kappa shape index (κ3) is 2.86. The molecule has 1 aliphatic rings. The van der Waals surface area contributed by atoms with Gasteiger partial charge in [0.2, 0.25) is 5.78 Å². The molecule has 0 bridgehead atoms. The van der Waals surface area contributed by atoms with E-state index >= 15 is 0 Å². The molecule has 6 nitrogen and oxygen atoms in total. The zero-order valence-corrected chi connectivity index (χ0v) is 11.1. The van der Waals surface area contributed by atoms with Crippen LogP contribution in [0.4, 0.5) is 0 Å². The Bertz CT molecular complexity index is 693. The summed E-state index contributed by atoms with van der Waals surface area (Å²) in [5.74, 6) is 0.199. The topological polar surface area (TPSA) is 93.0 Å². The maximum Gasteiger partial charge on any atom is 0.335 e. The van der Waals surface area contributed by atoms with Gasteiger partial charge in [-0.25, -0.2) is 9.59 Å². The first-order valence-corrected chi connectivity index (χ1v) is 5.98. The number of nitrogens with zero attached hydrogens (tertiary/aromatic N) is 1. The standard InChI is InChI=1S/C15H11NO5/c1-21-14-11(8-17)6-7-16-12(14)13(18)9-2-4-10(5-3-9)15(19)20/h2-7,14H,1H3,(H,19,20). The molecule has 21 heavy (non-hydrogen) atoms. The van der Waals surface area contributed by atoms with Gasteiger partial charge >= 0.3 is 5.97 Å². The van der Waals surface area contributed by atoms with E-state index in [4.69, 9.17) is 9.84 Å². The van der Waals surface area contributed by atoms with Crippen LogP contribution in [0, 0.1) is 0 Å². The van der Waals surface area contributed by atoms with E-state index in [1.54, 1.807) is 5.94 Å². The minimum absolute atomic E-state index is 0.0569. The first-order chi connectivity index (χ1) is 10.1. The van der Waals surface area contributed by atoms with Gasteiger partial charge < -0.3 is 9.84 Å². The Hall–Kier alpha value is -2.82. The molecule has 0 spiro atoms. The summed E-state index contributed by atoms with van der Waals surface area (Å²) in [7, 11) is 1.36. The first-order valence-electron chi connectivity index (χ1n) is 5.98. The third-order valence-electron chi connectivity index (χ3n) is 2.98. The number of hydrogen-bond donors (Lipinski definition) is 1. The molecule has 1 N–H and O–H groups in total. The van der Waals surface area contributed by atoms with Crippen LogP contribution in [0.15, 0.2) is 47.1 Å². The Balaban J connectivity index is 2.34. The molecule has 1 atom stereocenters. The maximum atomic E-state index is 12.4. The van der Waals surface area contributed by atoms with Gasteiger partial charge in [0.25, 0.3) is 0 Å². The Kier molecular flexibility index (Phi) is 4.23. The van der Waals surface area contributed by atoms with Crippen molar-refractivity contribution in [2.75, 3.05) is 7.11 Å². The number of ketones is 1. The summed E-state index contributed by atoms with van der Waals surface area (Å²) in [6.45, 7) is 0. The van der Waals surface area contributed by atoms with Crippen LogP contribution in [0.3, 0.4) is 0 Å². The number of rotatable bonds is 4.